The van der Waals surface area contributed by atoms with E-state index in [1.54, 1.807) is 0 Å². The van der Waals surface area contributed by atoms with E-state index in [2.05, 4.69) is 27.7 Å². The Labute approximate surface area is 120 Å². The normalized spacial score (nSPS) is 13.2. The number of rotatable bonds is 6. The molecule has 3 heteroatoms. The first-order valence-electron chi connectivity index (χ1n) is 5.53. The largest absolute Gasteiger partial charge is 3.00 e. The van der Waals surface area contributed by atoms with E-state index < -0.39 is 0 Å². The number of hydrogen-bond acceptors (Lipinski definition) is 2. The summed E-state index contributed by atoms with van der Waals surface area (Å²) in [4.78, 5) is 0. The second kappa shape index (κ2) is 17.4. The molecule has 0 saturated carbocycles. The van der Waals surface area contributed by atoms with Crippen LogP contribution in [0.1, 0.15) is 39.5 Å². The van der Waals surface area contributed by atoms with Gasteiger partial charge in [0.15, 0.2) is 0 Å². The maximum atomic E-state index is 8.27. The molecule has 0 aromatic heterocycles. The average Bonchev–Trinajstić information content (AvgIpc) is 2.18. The Morgan fingerprint density at radius 3 is 1.93 bits per heavy atom. The molecule has 15 heavy (non-hydrogen) atoms. The van der Waals surface area contributed by atoms with Crippen molar-refractivity contribution in [3.8, 4) is 0 Å². The minimum absolute atomic E-state index is 0. The Balaban J connectivity index is -0.000000180. The van der Waals surface area contributed by atoms with Gasteiger partial charge in [0.2, 0.25) is 0 Å². The summed E-state index contributed by atoms with van der Waals surface area (Å²) in [5.41, 5.74) is 5.33. The zero-order valence-corrected chi connectivity index (χ0v) is 14.5. The molecule has 1 radical (unpaired) electrons. The predicted octanol–water partition coefficient (Wildman–Crippen LogP) is 2.42. The van der Waals surface area contributed by atoms with Crippen molar-refractivity contribution in [1.29, 1.82) is 0 Å². The molecule has 2 nitrogen and oxygen atoms in total. The Bertz CT molecular complexity index is 95.6. The summed E-state index contributed by atoms with van der Waals surface area (Å²) in [6.07, 6.45) is 4.22. The first kappa shape index (κ1) is 21.3. The molecule has 0 spiro atoms. The van der Waals surface area contributed by atoms with Gasteiger partial charge in [0.25, 0.3) is 0 Å². The summed E-state index contributed by atoms with van der Waals surface area (Å²) in [5.74, 6) is 1.06. The molecular formula is C12H27NOU+. The Kier molecular flexibility index (Phi) is 24.6. The van der Waals surface area contributed by atoms with Crippen LogP contribution >= 0.6 is 0 Å². The van der Waals surface area contributed by atoms with Crippen molar-refractivity contribution in [2.45, 2.75) is 39.5 Å². The SMILES string of the molecule is [CH2-]CCCCCO.[CH2-][C@H](C)[C@H](C)CN.[U+3]. The maximum Gasteiger partial charge on any atom is 3.00 e. The van der Waals surface area contributed by atoms with Gasteiger partial charge in [-0.05, 0) is 13.0 Å². The van der Waals surface area contributed by atoms with Crippen molar-refractivity contribution in [2.24, 2.45) is 17.6 Å². The molecule has 0 aromatic carbocycles. The third kappa shape index (κ3) is 20.9. The van der Waals surface area contributed by atoms with E-state index in [1.807, 2.05) is 0 Å². The molecule has 0 unspecified atom stereocenters. The van der Waals surface area contributed by atoms with Gasteiger partial charge in [0.1, 0.15) is 0 Å². The monoisotopic (exact) mass is 439 g/mol. The second-order valence-corrected chi connectivity index (χ2v) is 3.83. The molecule has 0 fully saturated rings. The van der Waals surface area contributed by atoms with Gasteiger partial charge in [0, 0.05) is 6.61 Å². The van der Waals surface area contributed by atoms with Crippen LogP contribution in [0.5, 0.6) is 0 Å². The van der Waals surface area contributed by atoms with Crippen LogP contribution in [0, 0.1) is 56.8 Å². The number of aliphatic hydroxyl groups is 1. The minimum Gasteiger partial charge on any atom is -0.396 e. The Morgan fingerprint density at radius 2 is 1.73 bits per heavy atom. The zero-order chi connectivity index (χ0) is 11.4. The third-order valence-electron chi connectivity index (χ3n) is 2.25. The van der Waals surface area contributed by atoms with E-state index in [0.717, 1.165) is 32.2 Å². The van der Waals surface area contributed by atoms with Crippen LogP contribution in [0.15, 0.2) is 0 Å². The standard InChI is InChI=1S/C6H14N.C6H13O.U/c1-5(2)6(3)4-7;1-2-3-4-5-6-7;/h5-6H,1,4,7H2,2-3H3;7H,1-6H2;/q2*-1;+3/t5-,6-;;/m1../s1. The van der Waals surface area contributed by atoms with E-state index in [1.165, 1.54) is 0 Å². The Morgan fingerprint density at radius 1 is 1.20 bits per heavy atom. The van der Waals surface area contributed by atoms with Crippen molar-refractivity contribution >= 4 is 0 Å². The smallest absolute Gasteiger partial charge is 0.396 e. The first-order valence-corrected chi connectivity index (χ1v) is 5.53. The summed E-state index contributed by atoms with van der Waals surface area (Å²) >= 11 is 0. The summed E-state index contributed by atoms with van der Waals surface area (Å²) in [6, 6.07) is 0. The van der Waals surface area contributed by atoms with Crippen LogP contribution in [-0.4, -0.2) is 18.3 Å². The molecule has 0 bridgehead atoms. The van der Waals surface area contributed by atoms with Gasteiger partial charge < -0.3 is 24.7 Å². The van der Waals surface area contributed by atoms with Gasteiger partial charge in [0.05, 0.1) is 0 Å². The molecule has 0 aliphatic rings. The number of aliphatic hydroxyl groups excluding tert-OH is 1. The molecule has 0 aliphatic carbocycles. The third-order valence-corrected chi connectivity index (χ3v) is 2.25. The fourth-order valence-electron chi connectivity index (χ4n) is 0.698. The van der Waals surface area contributed by atoms with Crippen molar-refractivity contribution in [2.75, 3.05) is 13.2 Å². The fraction of sp³-hybridized carbons (Fsp3) is 0.833. The van der Waals surface area contributed by atoms with Gasteiger partial charge in [-0.15, -0.1) is 0 Å². The number of hydrogen-bond donors (Lipinski definition) is 2. The van der Waals surface area contributed by atoms with Crippen LogP contribution in [0.25, 0.3) is 0 Å². The van der Waals surface area contributed by atoms with Crippen LogP contribution in [0.3, 0.4) is 0 Å². The van der Waals surface area contributed by atoms with E-state index in [4.69, 9.17) is 10.8 Å². The van der Waals surface area contributed by atoms with Crippen molar-refractivity contribution in [1.82, 2.24) is 0 Å². The second-order valence-electron chi connectivity index (χ2n) is 3.83. The summed E-state index contributed by atoms with van der Waals surface area (Å²) in [5, 5.41) is 8.27. The van der Waals surface area contributed by atoms with Crippen molar-refractivity contribution < 1.29 is 36.2 Å². The van der Waals surface area contributed by atoms with Gasteiger partial charge >= 0.3 is 31.1 Å². The minimum atomic E-state index is 0. The molecule has 0 aliphatic heterocycles. The topological polar surface area (TPSA) is 46.2 Å². The van der Waals surface area contributed by atoms with E-state index in [9.17, 15) is 0 Å². The molecule has 3 N–H and O–H groups in total. The van der Waals surface area contributed by atoms with Crippen molar-refractivity contribution in [3.63, 3.8) is 0 Å². The van der Waals surface area contributed by atoms with Crippen LogP contribution in [0.2, 0.25) is 0 Å². The maximum absolute atomic E-state index is 8.27. The summed E-state index contributed by atoms with van der Waals surface area (Å²) < 4.78 is 0. The molecule has 89 valence electrons. The zero-order valence-electron chi connectivity index (χ0n) is 10.3. The number of unbranched alkanes of at least 4 members (excludes halogenated alkanes) is 3. The fourth-order valence-corrected chi connectivity index (χ4v) is 0.698. The molecule has 2 atom stereocenters. The molecule has 0 saturated heterocycles. The average molecular weight is 439 g/mol. The van der Waals surface area contributed by atoms with E-state index in [-0.39, 0.29) is 31.1 Å². The molecular weight excluding hydrogens is 412 g/mol. The van der Waals surface area contributed by atoms with Gasteiger partial charge in [-0.25, -0.2) is 0 Å². The molecule has 0 amide bonds. The van der Waals surface area contributed by atoms with Crippen LogP contribution < -0.4 is 5.73 Å². The van der Waals surface area contributed by atoms with E-state index >= 15 is 0 Å². The molecule has 0 rings (SSSR count). The van der Waals surface area contributed by atoms with Crippen LogP contribution in [0.4, 0.5) is 0 Å². The first-order chi connectivity index (χ1) is 6.59. The van der Waals surface area contributed by atoms with Gasteiger partial charge in [-0.1, -0.05) is 32.6 Å². The quantitative estimate of drug-likeness (QED) is 0.494. The Hall–Kier alpha value is 0.972. The number of nitrogens with two attached hydrogens (primary N) is 1. The molecule has 0 heterocycles. The summed E-state index contributed by atoms with van der Waals surface area (Å²) in [6.45, 7) is 12.8. The van der Waals surface area contributed by atoms with Crippen LogP contribution in [-0.2, 0) is 0 Å². The molecule has 0 aromatic rings. The van der Waals surface area contributed by atoms with Crippen molar-refractivity contribution in [3.05, 3.63) is 13.8 Å². The van der Waals surface area contributed by atoms with Gasteiger partial charge in [-0.3, -0.25) is 0 Å². The van der Waals surface area contributed by atoms with E-state index in [0.29, 0.717) is 18.4 Å². The van der Waals surface area contributed by atoms with Gasteiger partial charge in [-0.2, -0.15) is 12.3 Å². The predicted molar refractivity (Wildman–Crippen MR) is 63.7 cm³/mol. The summed E-state index contributed by atoms with van der Waals surface area (Å²) in [7, 11) is 0.